The van der Waals surface area contributed by atoms with Gasteiger partial charge >= 0.3 is 0 Å². The van der Waals surface area contributed by atoms with E-state index in [1.54, 1.807) is 42.5 Å². The molecule has 1 amide bonds. The molecule has 0 saturated carbocycles. The van der Waals surface area contributed by atoms with Crippen LogP contribution < -0.4 is 9.47 Å². The molecule has 1 saturated heterocycles. The van der Waals surface area contributed by atoms with E-state index in [1.165, 1.54) is 25.2 Å². The summed E-state index contributed by atoms with van der Waals surface area (Å²) < 4.78 is 10.6. The molecule has 29 heavy (non-hydrogen) atoms. The molecule has 0 spiro atoms. The normalized spacial score (nSPS) is 18.0. The van der Waals surface area contributed by atoms with E-state index >= 15 is 0 Å². The van der Waals surface area contributed by atoms with Crippen molar-refractivity contribution in [2.24, 2.45) is 0 Å². The van der Waals surface area contributed by atoms with Gasteiger partial charge in [-0.1, -0.05) is 23.7 Å². The Morgan fingerprint density at radius 3 is 2.38 bits per heavy atom. The van der Waals surface area contributed by atoms with Gasteiger partial charge in [0, 0.05) is 17.1 Å². The molecule has 1 aliphatic heterocycles. The van der Waals surface area contributed by atoms with Gasteiger partial charge in [-0.05, 0) is 42.0 Å². The number of aliphatic hydroxyl groups is 1. The zero-order valence-corrected chi connectivity index (χ0v) is 16.8. The summed E-state index contributed by atoms with van der Waals surface area (Å²) in [6, 6.07) is 10.7. The number of Topliss-reactive ketones (excluding diaryl/α,β-unsaturated/α-hetero) is 1. The predicted octanol–water partition coefficient (Wildman–Crippen LogP) is 3.96. The molecular formula is C22H20ClNO5. The molecule has 1 heterocycles. The van der Waals surface area contributed by atoms with Crippen LogP contribution in [0.2, 0.25) is 5.02 Å². The van der Waals surface area contributed by atoms with Crippen molar-refractivity contribution in [1.29, 1.82) is 0 Å². The highest BCUT2D eigenvalue weighted by Gasteiger charge is 2.45. The fourth-order valence-corrected chi connectivity index (χ4v) is 3.47. The van der Waals surface area contributed by atoms with Gasteiger partial charge in [-0.25, -0.2) is 0 Å². The number of rotatable bonds is 6. The Balaban J connectivity index is 2.21. The van der Waals surface area contributed by atoms with Crippen molar-refractivity contribution < 1.29 is 24.2 Å². The molecule has 7 heteroatoms. The lowest BCUT2D eigenvalue weighted by Gasteiger charge is -2.24. The van der Waals surface area contributed by atoms with Crippen LogP contribution in [-0.2, 0) is 9.59 Å². The highest BCUT2D eigenvalue weighted by Crippen LogP contribution is 2.41. The van der Waals surface area contributed by atoms with Crippen LogP contribution in [0.15, 0.2) is 60.7 Å². The first kappa shape index (κ1) is 20.5. The number of aliphatic hydroxyl groups excluding tert-OH is 1. The molecule has 2 aromatic rings. The summed E-state index contributed by atoms with van der Waals surface area (Å²) in [5, 5.41) is 11.4. The van der Waals surface area contributed by atoms with E-state index in [0.29, 0.717) is 27.6 Å². The maximum atomic E-state index is 12.8. The van der Waals surface area contributed by atoms with Crippen LogP contribution in [0.5, 0.6) is 11.5 Å². The number of carbonyl (C=O) groups excluding carboxylic acids is 2. The lowest BCUT2D eigenvalue weighted by Crippen LogP contribution is -2.29. The quantitative estimate of drug-likeness (QED) is 0.335. The fraction of sp³-hybridized carbons (Fsp3) is 0.182. The highest BCUT2D eigenvalue weighted by atomic mass is 35.5. The molecule has 1 aliphatic rings. The second-order valence-corrected chi connectivity index (χ2v) is 6.80. The molecule has 1 atom stereocenters. The number of hydrogen-bond acceptors (Lipinski definition) is 5. The van der Waals surface area contributed by atoms with E-state index in [4.69, 9.17) is 21.1 Å². The molecular weight excluding hydrogens is 394 g/mol. The smallest absolute Gasteiger partial charge is 0.295 e. The Morgan fingerprint density at radius 1 is 1.14 bits per heavy atom. The van der Waals surface area contributed by atoms with Crippen LogP contribution in [0, 0.1) is 0 Å². The lowest BCUT2D eigenvalue weighted by atomic mass is 9.95. The SMILES string of the molecule is C=CCN1C(=O)C(=O)/C(=C(/O)c2ccc(Cl)cc2)[C@H]1c1ccc(OC)c(OC)c1. The fourth-order valence-electron chi connectivity index (χ4n) is 3.34. The van der Waals surface area contributed by atoms with E-state index in [2.05, 4.69) is 6.58 Å². The summed E-state index contributed by atoms with van der Waals surface area (Å²) in [6.07, 6.45) is 1.53. The number of likely N-dealkylation sites (tertiary alicyclic amines) is 1. The number of methoxy groups -OCH3 is 2. The summed E-state index contributed by atoms with van der Waals surface area (Å²) in [6.45, 7) is 3.81. The first-order chi connectivity index (χ1) is 13.9. The zero-order valence-electron chi connectivity index (χ0n) is 16.0. The topological polar surface area (TPSA) is 76.1 Å². The number of carbonyl (C=O) groups is 2. The minimum absolute atomic E-state index is 0.00797. The van der Waals surface area contributed by atoms with Crippen molar-refractivity contribution in [3.05, 3.63) is 76.8 Å². The summed E-state index contributed by atoms with van der Waals surface area (Å²) in [7, 11) is 3.01. The third-order valence-corrected chi connectivity index (χ3v) is 4.96. The third kappa shape index (κ3) is 3.71. The zero-order chi connectivity index (χ0) is 21.1. The van der Waals surface area contributed by atoms with Crippen molar-refractivity contribution in [3.8, 4) is 11.5 Å². The maximum absolute atomic E-state index is 12.8. The van der Waals surface area contributed by atoms with E-state index < -0.39 is 17.7 Å². The minimum atomic E-state index is -0.802. The van der Waals surface area contributed by atoms with Crippen molar-refractivity contribution >= 4 is 29.1 Å². The lowest BCUT2D eigenvalue weighted by molar-refractivity contribution is -0.139. The average Bonchev–Trinajstić information content (AvgIpc) is 2.98. The molecule has 0 radical (unpaired) electrons. The van der Waals surface area contributed by atoms with Crippen LogP contribution in [0.1, 0.15) is 17.2 Å². The molecule has 0 bridgehead atoms. The standard InChI is InChI=1S/C22H20ClNO5/c1-4-11-24-19(14-7-10-16(28-2)17(12-14)29-3)18(21(26)22(24)27)20(25)13-5-8-15(23)9-6-13/h4-10,12,19,25H,1,11H2,2-3H3/b20-18+/t19-/m1/s1. The van der Waals surface area contributed by atoms with Gasteiger partial charge in [0.25, 0.3) is 11.7 Å². The van der Waals surface area contributed by atoms with Crippen LogP contribution in [-0.4, -0.2) is 42.5 Å². The summed E-state index contributed by atoms with van der Waals surface area (Å²) >= 11 is 5.91. The Bertz CT molecular complexity index is 997. The van der Waals surface area contributed by atoms with Crippen LogP contribution in [0.3, 0.4) is 0 Å². The molecule has 0 unspecified atom stereocenters. The van der Waals surface area contributed by atoms with Crippen molar-refractivity contribution in [3.63, 3.8) is 0 Å². The van der Waals surface area contributed by atoms with Gasteiger partial charge in [0.15, 0.2) is 11.5 Å². The molecule has 2 aromatic carbocycles. The van der Waals surface area contributed by atoms with E-state index in [-0.39, 0.29) is 17.9 Å². The van der Waals surface area contributed by atoms with Crippen molar-refractivity contribution in [2.45, 2.75) is 6.04 Å². The number of nitrogens with zero attached hydrogens (tertiary/aromatic N) is 1. The van der Waals surface area contributed by atoms with Gasteiger partial charge in [0.1, 0.15) is 5.76 Å². The summed E-state index contributed by atoms with van der Waals surface area (Å²) in [5.41, 5.74) is 0.974. The van der Waals surface area contributed by atoms with E-state index in [0.717, 1.165) is 0 Å². The molecule has 1 fully saturated rings. The van der Waals surface area contributed by atoms with Gasteiger partial charge in [0.05, 0.1) is 25.8 Å². The van der Waals surface area contributed by atoms with E-state index in [9.17, 15) is 14.7 Å². The number of halogens is 1. The molecule has 3 rings (SSSR count). The first-order valence-electron chi connectivity index (χ1n) is 8.80. The second kappa shape index (κ2) is 8.41. The number of amides is 1. The monoisotopic (exact) mass is 413 g/mol. The van der Waals surface area contributed by atoms with Gasteiger partial charge in [0.2, 0.25) is 0 Å². The van der Waals surface area contributed by atoms with Crippen LogP contribution >= 0.6 is 11.6 Å². The predicted molar refractivity (Wildman–Crippen MR) is 110 cm³/mol. The Morgan fingerprint density at radius 2 is 1.79 bits per heavy atom. The molecule has 0 aliphatic carbocycles. The maximum Gasteiger partial charge on any atom is 0.295 e. The van der Waals surface area contributed by atoms with Crippen molar-refractivity contribution in [1.82, 2.24) is 4.90 Å². The number of hydrogen-bond donors (Lipinski definition) is 1. The van der Waals surface area contributed by atoms with Gasteiger partial charge in [-0.15, -0.1) is 6.58 Å². The summed E-state index contributed by atoms with van der Waals surface area (Å²) in [5.74, 6) is -0.791. The highest BCUT2D eigenvalue weighted by molar-refractivity contribution is 6.46. The van der Waals surface area contributed by atoms with Crippen LogP contribution in [0.4, 0.5) is 0 Å². The third-order valence-electron chi connectivity index (χ3n) is 4.71. The van der Waals surface area contributed by atoms with Gasteiger partial charge < -0.3 is 19.5 Å². The number of ketones is 1. The number of ether oxygens (including phenoxy) is 2. The summed E-state index contributed by atoms with van der Waals surface area (Å²) in [4.78, 5) is 26.8. The average molecular weight is 414 g/mol. The second-order valence-electron chi connectivity index (χ2n) is 6.36. The molecule has 1 N–H and O–H groups in total. The molecule has 6 nitrogen and oxygen atoms in total. The first-order valence-corrected chi connectivity index (χ1v) is 9.17. The van der Waals surface area contributed by atoms with Crippen molar-refractivity contribution in [2.75, 3.05) is 20.8 Å². The Labute approximate surface area is 173 Å². The van der Waals surface area contributed by atoms with Crippen LogP contribution in [0.25, 0.3) is 5.76 Å². The van der Waals surface area contributed by atoms with Gasteiger partial charge in [-0.3, -0.25) is 9.59 Å². The molecule has 0 aromatic heterocycles. The Hall–Kier alpha value is -3.25. The number of benzene rings is 2. The minimum Gasteiger partial charge on any atom is -0.507 e. The Kier molecular flexibility index (Phi) is 5.94. The molecule has 150 valence electrons. The van der Waals surface area contributed by atoms with E-state index in [1.807, 2.05) is 0 Å². The van der Waals surface area contributed by atoms with Gasteiger partial charge in [-0.2, -0.15) is 0 Å². The largest absolute Gasteiger partial charge is 0.507 e.